The second-order valence-electron chi connectivity index (χ2n) is 8.81. The first-order valence-electron chi connectivity index (χ1n) is 12.3. The maximum Gasteiger partial charge on any atom is 0.213 e. The Labute approximate surface area is 216 Å². The van der Waals surface area contributed by atoms with Crippen molar-refractivity contribution in [1.29, 1.82) is 0 Å². The third-order valence-electron chi connectivity index (χ3n) is 6.25. The average molecular weight is 502 g/mol. The zero-order valence-electron chi connectivity index (χ0n) is 20.7. The number of carbonyl (C=O) groups excluding carboxylic acids is 1. The normalized spacial score (nSPS) is 18.3. The molecule has 1 fully saturated rings. The molecule has 6 N–H and O–H groups in total. The summed E-state index contributed by atoms with van der Waals surface area (Å²) in [6.07, 6.45) is 3.64. The fourth-order valence-corrected chi connectivity index (χ4v) is 4.37. The van der Waals surface area contributed by atoms with E-state index >= 15 is 0 Å². The quantitative estimate of drug-likeness (QED) is 0.0682. The summed E-state index contributed by atoms with van der Waals surface area (Å²) in [5.41, 5.74) is 16.0. The molecule has 1 aliphatic carbocycles. The summed E-state index contributed by atoms with van der Waals surface area (Å²) < 4.78 is 13.5. The fraction of sp³-hybridized carbons (Fsp3) is 0.250. The first-order valence-corrected chi connectivity index (χ1v) is 12.3. The van der Waals surface area contributed by atoms with E-state index in [9.17, 15) is 9.18 Å². The van der Waals surface area contributed by atoms with Crippen LogP contribution in [0.3, 0.4) is 0 Å². The van der Waals surface area contributed by atoms with Crippen molar-refractivity contribution in [3.8, 4) is 11.3 Å². The largest absolute Gasteiger partial charge is 0.383 e. The number of nitrogens with zero attached hydrogens (tertiary/aromatic N) is 2. The first-order chi connectivity index (χ1) is 18.1. The molecule has 4 rings (SSSR count). The van der Waals surface area contributed by atoms with Gasteiger partial charge >= 0.3 is 0 Å². The van der Waals surface area contributed by atoms with Crippen LogP contribution >= 0.6 is 0 Å². The van der Waals surface area contributed by atoms with Gasteiger partial charge in [-0.15, -0.1) is 0 Å². The minimum atomic E-state index is -0.517. The number of carbonyl (C=O) groups is 1. The number of para-hydroxylation sites is 1. The molecule has 2 atom stereocenters. The fourth-order valence-electron chi connectivity index (χ4n) is 4.37. The van der Waals surface area contributed by atoms with Gasteiger partial charge in [-0.2, -0.15) is 4.39 Å². The van der Waals surface area contributed by atoms with Gasteiger partial charge in [-0.05, 0) is 56.1 Å². The van der Waals surface area contributed by atoms with Gasteiger partial charge in [0.1, 0.15) is 11.7 Å². The van der Waals surface area contributed by atoms with Crippen molar-refractivity contribution in [2.24, 2.45) is 10.7 Å². The Morgan fingerprint density at radius 2 is 1.86 bits per heavy atom. The number of pyridine rings is 1. The number of nitrogens with two attached hydrogens (primary N) is 1. The van der Waals surface area contributed by atoms with E-state index < -0.39 is 5.95 Å². The van der Waals surface area contributed by atoms with Crippen molar-refractivity contribution in [3.05, 3.63) is 95.7 Å². The van der Waals surface area contributed by atoms with Crippen LogP contribution < -0.4 is 27.2 Å². The number of aldehydes is 1. The number of anilines is 1. The molecule has 1 aliphatic rings. The Morgan fingerprint density at radius 1 is 1.08 bits per heavy atom. The van der Waals surface area contributed by atoms with Crippen molar-refractivity contribution < 1.29 is 9.18 Å². The van der Waals surface area contributed by atoms with Gasteiger partial charge < -0.3 is 16.4 Å². The summed E-state index contributed by atoms with van der Waals surface area (Å²) in [6.45, 7) is 0.421. The van der Waals surface area contributed by atoms with Crippen molar-refractivity contribution in [1.82, 2.24) is 21.2 Å². The molecule has 0 aliphatic heterocycles. The highest BCUT2D eigenvalue weighted by atomic mass is 19.1. The molecule has 1 aromatic heterocycles. The highest BCUT2D eigenvalue weighted by molar-refractivity contribution is 6.13. The molecule has 0 radical (unpaired) electrons. The zero-order valence-corrected chi connectivity index (χ0v) is 20.7. The number of hydrogen-bond acceptors (Lipinski definition) is 7. The van der Waals surface area contributed by atoms with E-state index in [1.54, 1.807) is 12.1 Å². The second kappa shape index (κ2) is 12.8. The van der Waals surface area contributed by atoms with E-state index in [1.807, 2.05) is 61.6 Å². The molecule has 1 saturated carbocycles. The summed E-state index contributed by atoms with van der Waals surface area (Å²) in [7, 11) is 1.83. The van der Waals surface area contributed by atoms with Gasteiger partial charge in [-0.25, -0.2) is 4.98 Å². The van der Waals surface area contributed by atoms with Gasteiger partial charge in [0.05, 0.1) is 17.3 Å². The molecule has 1 heterocycles. The number of aromatic nitrogens is 1. The van der Waals surface area contributed by atoms with Crippen molar-refractivity contribution in [3.63, 3.8) is 0 Å². The molecule has 3 aromatic rings. The van der Waals surface area contributed by atoms with Crippen LogP contribution in [-0.2, 0) is 11.3 Å². The standard InChI is InChI=1S/C28H32FN7O/c1-31-36-25-11-5-10-24(25)35-27(30)22(18-37)28(33-21-7-3-2-4-8-21)32-17-19-13-15-20(16-14-19)23-9-6-12-26(29)34-23/h2-4,6-9,12-16,18,24-25,31-33,36H,5,10-11,17H2,1H3,(H2,30,35)/b28-22+/t24-,25+/m0/s1. The smallest absolute Gasteiger partial charge is 0.213 e. The van der Waals surface area contributed by atoms with Crippen LogP contribution in [0.1, 0.15) is 24.8 Å². The molecule has 0 amide bonds. The van der Waals surface area contributed by atoms with E-state index in [2.05, 4.69) is 26.5 Å². The number of benzene rings is 2. The van der Waals surface area contributed by atoms with Gasteiger partial charge in [-0.1, -0.05) is 48.5 Å². The maximum absolute atomic E-state index is 13.5. The van der Waals surface area contributed by atoms with Crippen molar-refractivity contribution >= 4 is 17.8 Å². The van der Waals surface area contributed by atoms with Gasteiger partial charge in [0.2, 0.25) is 5.95 Å². The zero-order chi connectivity index (χ0) is 26.0. The minimum Gasteiger partial charge on any atom is -0.383 e. The Hall–Kier alpha value is -4.08. The number of halogens is 1. The van der Waals surface area contributed by atoms with Crippen LogP contribution in [0.2, 0.25) is 0 Å². The Bertz CT molecular complexity index is 1240. The third-order valence-corrected chi connectivity index (χ3v) is 6.25. The number of hydrogen-bond donors (Lipinski definition) is 5. The number of rotatable bonds is 11. The molecule has 0 saturated heterocycles. The van der Waals surface area contributed by atoms with Gasteiger partial charge in [0, 0.05) is 23.8 Å². The first kappa shape index (κ1) is 26.0. The molecule has 0 unspecified atom stereocenters. The van der Waals surface area contributed by atoms with E-state index in [-0.39, 0.29) is 23.5 Å². The molecule has 37 heavy (non-hydrogen) atoms. The van der Waals surface area contributed by atoms with Crippen LogP contribution in [-0.4, -0.2) is 36.2 Å². The number of aliphatic imine (C=N–C) groups is 1. The molecular formula is C28H32FN7O. The highest BCUT2D eigenvalue weighted by Gasteiger charge is 2.27. The van der Waals surface area contributed by atoms with E-state index in [1.165, 1.54) is 6.07 Å². The minimum absolute atomic E-state index is 0.0237. The molecular weight excluding hydrogens is 469 g/mol. The number of hydrazine groups is 1. The summed E-state index contributed by atoms with van der Waals surface area (Å²) in [5.74, 6) is 0.133. The predicted molar refractivity (Wildman–Crippen MR) is 145 cm³/mol. The average Bonchev–Trinajstić information content (AvgIpc) is 3.35. The summed E-state index contributed by atoms with van der Waals surface area (Å²) in [5, 5.41) is 6.60. The molecule has 8 nitrogen and oxygen atoms in total. The summed E-state index contributed by atoms with van der Waals surface area (Å²) in [4.78, 5) is 20.9. The lowest BCUT2D eigenvalue weighted by atomic mass is 10.1. The lowest BCUT2D eigenvalue weighted by Gasteiger charge is -2.19. The molecule has 2 aromatic carbocycles. The predicted octanol–water partition coefficient (Wildman–Crippen LogP) is 3.50. The maximum atomic E-state index is 13.5. The lowest BCUT2D eigenvalue weighted by Crippen LogP contribution is -2.43. The van der Waals surface area contributed by atoms with Crippen LogP contribution in [0, 0.1) is 5.95 Å². The summed E-state index contributed by atoms with van der Waals surface area (Å²) >= 11 is 0. The topological polar surface area (TPSA) is 116 Å². The van der Waals surface area contributed by atoms with Crippen LogP contribution in [0.15, 0.2) is 89.2 Å². The van der Waals surface area contributed by atoms with Gasteiger partial charge in [-0.3, -0.25) is 20.6 Å². The van der Waals surface area contributed by atoms with Crippen molar-refractivity contribution in [2.45, 2.75) is 37.9 Å². The molecule has 0 bridgehead atoms. The lowest BCUT2D eigenvalue weighted by molar-refractivity contribution is -0.104. The highest BCUT2D eigenvalue weighted by Crippen LogP contribution is 2.23. The van der Waals surface area contributed by atoms with Gasteiger partial charge in [0.25, 0.3) is 0 Å². The monoisotopic (exact) mass is 501 g/mol. The Kier molecular flexibility index (Phi) is 8.96. The number of nitrogens with one attached hydrogen (secondary N) is 4. The van der Waals surface area contributed by atoms with Crippen LogP contribution in [0.25, 0.3) is 11.3 Å². The Morgan fingerprint density at radius 3 is 2.57 bits per heavy atom. The van der Waals surface area contributed by atoms with E-state index in [0.29, 0.717) is 18.1 Å². The van der Waals surface area contributed by atoms with E-state index in [4.69, 9.17) is 10.7 Å². The van der Waals surface area contributed by atoms with Gasteiger partial charge in [0.15, 0.2) is 6.29 Å². The summed E-state index contributed by atoms with van der Waals surface area (Å²) in [6, 6.07) is 22.0. The molecule has 9 heteroatoms. The van der Waals surface area contributed by atoms with Crippen LogP contribution in [0.4, 0.5) is 10.1 Å². The third kappa shape index (κ3) is 6.99. The van der Waals surface area contributed by atoms with Crippen LogP contribution in [0.5, 0.6) is 0 Å². The molecule has 0 spiro atoms. The van der Waals surface area contributed by atoms with Crippen molar-refractivity contribution in [2.75, 3.05) is 12.4 Å². The second-order valence-corrected chi connectivity index (χ2v) is 8.81. The number of amidine groups is 1. The Balaban J connectivity index is 1.56. The molecule has 192 valence electrons. The van der Waals surface area contributed by atoms with E-state index in [0.717, 1.165) is 42.4 Å². The SMILES string of the molecule is CNN[C@@H]1CCC[C@@H]1N=C(N)/C(C=O)=C(\NCc1ccc(-c2cccc(F)n2)cc1)Nc1ccccc1.